The summed E-state index contributed by atoms with van der Waals surface area (Å²) in [5, 5.41) is 17.5. The molecule has 15 heavy (non-hydrogen) atoms. The molecular formula is C9H12N2O4. The van der Waals surface area contributed by atoms with E-state index in [1.165, 1.54) is 29.0 Å². The number of aliphatic hydroxyl groups excluding tert-OH is 2. The molecule has 1 aromatic rings. The van der Waals surface area contributed by atoms with E-state index in [1.807, 2.05) is 0 Å². The Morgan fingerprint density at radius 3 is 2.87 bits per heavy atom. The minimum Gasteiger partial charge on any atom is -0.393 e. The van der Waals surface area contributed by atoms with Crippen LogP contribution < -0.4 is 11.2 Å². The van der Waals surface area contributed by atoms with Gasteiger partial charge in [-0.2, -0.15) is 0 Å². The fourth-order valence-corrected chi connectivity index (χ4v) is 0.980. The zero-order valence-electron chi connectivity index (χ0n) is 7.96. The minimum atomic E-state index is -0.927. The van der Waals surface area contributed by atoms with E-state index in [-0.39, 0.29) is 13.2 Å². The topological polar surface area (TPSA) is 95.3 Å². The van der Waals surface area contributed by atoms with Crippen LogP contribution in [0.1, 0.15) is 0 Å². The van der Waals surface area contributed by atoms with Crippen molar-refractivity contribution in [2.75, 3.05) is 6.61 Å². The Kier molecular flexibility index (Phi) is 4.02. The van der Waals surface area contributed by atoms with Crippen molar-refractivity contribution in [1.29, 1.82) is 0 Å². The molecule has 1 heterocycles. The summed E-state index contributed by atoms with van der Waals surface area (Å²) in [5.41, 5.74) is -0.957. The zero-order chi connectivity index (χ0) is 11.3. The summed E-state index contributed by atoms with van der Waals surface area (Å²) in [6.45, 7) is -0.135. The standard InChI is InChI=1S/C9H12N2O4/c12-6-7(13)2-1-4-11-5-3-8(14)10-9(11)15/h1-3,5,7,12-13H,4,6H2,(H,10,14,15)/b2-1+. The molecule has 0 saturated carbocycles. The number of rotatable bonds is 4. The van der Waals surface area contributed by atoms with Crippen LogP contribution in [0.15, 0.2) is 34.0 Å². The quantitative estimate of drug-likeness (QED) is 0.526. The van der Waals surface area contributed by atoms with Gasteiger partial charge in [0.15, 0.2) is 0 Å². The molecule has 1 unspecified atom stereocenters. The third kappa shape index (κ3) is 3.53. The van der Waals surface area contributed by atoms with Gasteiger partial charge in [-0.15, -0.1) is 0 Å². The Morgan fingerprint density at radius 2 is 2.27 bits per heavy atom. The Labute approximate surface area is 85.1 Å². The second kappa shape index (κ2) is 5.28. The van der Waals surface area contributed by atoms with Crippen molar-refractivity contribution in [3.8, 4) is 0 Å². The number of H-pyrrole nitrogens is 1. The molecule has 0 radical (unpaired) electrons. The maximum absolute atomic E-state index is 11.1. The summed E-state index contributed by atoms with van der Waals surface area (Å²) in [4.78, 5) is 24.0. The highest BCUT2D eigenvalue weighted by atomic mass is 16.3. The van der Waals surface area contributed by atoms with Gasteiger partial charge >= 0.3 is 5.69 Å². The maximum Gasteiger partial charge on any atom is 0.328 e. The van der Waals surface area contributed by atoms with Gasteiger partial charge in [-0.3, -0.25) is 14.3 Å². The largest absolute Gasteiger partial charge is 0.393 e. The van der Waals surface area contributed by atoms with Gasteiger partial charge in [0, 0.05) is 18.8 Å². The molecule has 82 valence electrons. The zero-order valence-corrected chi connectivity index (χ0v) is 7.96. The number of aromatic nitrogens is 2. The smallest absolute Gasteiger partial charge is 0.328 e. The van der Waals surface area contributed by atoms with Crippen molar-refractivity contribution in [3.05, 3.63) is 45.3 Å². The van der Waals surface area contributed by atoms with E-state index in [0.29, 0.717) is 0 Å². The summed E-state index contributed by atoms with van der Waals surface area (Å²) in [6, 6.07) is 1.23. The van der Waals surface area contributed by atoms with E-state index in [2.05, 4.69) is 4.98 Å². The van der Waals surface area contributed by atoms with Crippen LogP contribution in [0.2, 0.25) is 0 Å². The molecule has 0 amide bonds. The lowest BCUT2D eigenvalue weighted by atomic mass is 10.3. The van der Waals surface area contributed by atoms with Crippen molar-refractivity contribution < 1.29 is 10.2 Å². The molecule has 6 nitrogen and oxygen atoms in total. The van der Waals surface area contributed by atoms with Gasteiger partial charge in [0.1, 0.15) is 0 Å². The molecule has 1 rings (SSSR count). The molecule has 0 spiro atoms. The van der Waals surface area contributed by atoms with Crippen LogP contribution in [0.4, 0.5) is 0 Å². The van der Waals surface area contributed by atoms with Crippen LogP contribution in [0.5, 0.6) is 0 Å². The van der Waals surface area contributed by atoms with E-state index in [9.17, 15) is 9.59 Å². The Morgan fingerprint density at radius 1 is 1.53 bits per heavy atom. The van der Waals surface area contributed by atoms with Crippen molar-refractivity contribution in [3.63, 3.8) is 0 Å². The number of nitrogens with zero attached hydrogens (tertiary/aromatic N) is 1. The molecule has 1 atom stereocenters. The Bertz CT molecular complexity index is 446. The summed E-state index contributed by atoms with van der Waals surface area (Å²) in [7, 11) is 0. The molecular weight excluding hydrogens is 200 g/mol. The first kappa shape index (κ1) is 11.4. The molecule has 0 aromatic carbocycles. The predicted octanol–water partition coefficient (Wildman–Crippen LogP) is -1.55. The SMILES string of the molecule is O=c1ccn(C/C=C/C(O)CO)c(=O)[nH]1. The van der Waals surface area contributed by atoms with Crippen molar-refractivity contribution in [1.82, 2.24) is 9.55 Å². The number of hydrogen-bond acceptors (Lipinski definition) is 4. The van der Waals surface area contributed by atoms with E-state index in [4.69, 9.17) is 10.2 Å². The second-order valence-corrected chi connectivity index (χ2v) is 2.94. The number of aromatic amines is 1. The lowest BCUT2D eigenvalue weighted by Crippen LogP contribution is -2.28. The van der Waals surface area contributed by atoms with Gasteiger partial charge in [-0.05, 0) is 0 Å². The Balaban J connectivity index is 2.70. The number of nitrogens with one attached hydrogen (secondary N) is 1. The van der Waals surface area contributed by atoms with Crippen LogP contribution in [0.3, 0.4) is 0 Å². The van der Waals surface area contributed by atoms with Gasteiger partial charge in [-0.25, -0.2) is 4.79 Å². The third-order valence-corrected chi connectivity index (χ3v) is 1.74. The van der Waals surface area contributed by atoms with Crippen LogP contribution >= 0.6 is 0 Å². The molecule has 3 N–H and O–H groups in total. The lowest BCUT2D eigenvalue weighted by molar-refractivity contribution is 0.131. The first-order chi connectivity index (χ1) is 7.13. The van der Waals surface area contributed by atoms with Crippen molar-refractivity contribution in [2.45, 2.75) is 12.6 Å². The van der Waals surface area contributed by atoms with Crippen LogP contribution in [0.25, 0.3) is 0 Å². The molecule has 0 aliphatic heterocycles. The first-order valence-electron chi connectivity index (χ1n) is 4.39. The van der Waals surface area contributed by atoms with E-state index < -0.39 is 17.4 Å². The number of allylic oxidation sites excluding steroid dienone is 1. The van der Waals surface area contributed by atoms with Crippen molar-refractivity contribution >= 4 is 0 Å². The summed E-state index contributed by atoms with van der Waals surface area (Å²) in [5.74, 6) is 0. The van der Waals surface area contributed by atoms with Gasteiger partial charge in [-0.1, -0.05) is 12.2 Å². The summed E-state index contributed by atoms with van der Waals surface area (Å²) in [6.07, 6.45) is 3.33. The molecule has 0 aliphatic carbocycles. The van der Waals surface area contributed by atoms with Gasteiger partial charge in [0.25, 0.3) is 5.56 Å². The van der Waals surface area contributed by atoms with Gasteiger partial charge < -0.3 is 10.2 Å². The van der Waals surface area contributed by atoms with E-state index in [0.717, 1.165) is 0 Å². The van der Waals surface area contributed by atoms with Gasteiger partial charge in [0.05, 0.1) is 12.7 Å². The molecule has 0 bridgehead atoms. The first-order valence-corrected chi connectivity index (χ1v) is 4.39. The minimum absolute atomic E-state index is 0.229. The molecule has 0 fully saturated rings. The lowest BCUT2D eigenvalue weighted by Gasteiger charge is -2.01. The Hall–Kier alpha value is -1.66. The fourth-order valence-electron chi connectivity index (χ4n) is 0.980. The molecule has 1 aromatic heterocycles. The normalized spacial score (nSPS) is 13.2. The number of aliphatic hydroxyl groups is 2. The number of hydrogen-bond donors (Lipinski definition) is 3. The average Bonchev–Trinajstić information content (AvgIpc) is 2.21. The highest BCUT2D eigenvalue weighted by molar-refractivity contribution is 4.91. The van der Waals surface area contributed by atoms with Gasteiger partial charge in [0.2, 0.25) is 0 Å². The molecule has 0 saturated heterocycles. The predicted molar refractivity (Wildman–Crippen MR) is 53.6 cm³/mol. The monoisotopic (exact) mass is 212 g/mol. The molecule has 0 aliphatic rings. The summed E-state index contributed by atoms with van der Waals surface area (Å²) < 4.78 is 1.27. The van der Waals surface area contributed by atoms with E-state index in [1.54, 1.807) is 0 Å². The average molecular weight is 212 g/mol. The maximum atomic E-state index is 11.1. The van der Waals surface area contributed by atoms with E-state index >= 15 is 0 Å². The highest BCUT2D eigenvalue weighted by Gasteiger charge is 1.95. The van der Waals surface area contributed by atoms with Crippen LogP contribution in [0, 0.1) is 0 Å². The highest BCUT2D eigenvalue weighted by Crippen LogP contribution is 1.86. The molecule has 6 heteroatoms. The second-order valence-electron chi connectivity index (χ2n) is 2.94. The van der Waals surface area contributed by atoms with Crippen LogP contribution in [-0.4, -0.2) is 32.5 Å². The van der Waals surface area contributed by atoms with Crippen molar-refractivity contribution in [2.24, 2.45) is 0 Å². The third-order valence-electron chi connectivity index (χ3n) is 1.74. The fraction of sp³-hybridized carbons (Fsp3) is 0.333. The van der Waals surface area contributed by atoms with Crippen LogP contribution in [-0.2, 0) is 6.54 Å². The summed E-state index contributed by atoms with van der Waals surface area (Å²) >= 11 is 0.